The molecule has 2 heterocycles. The number of aromatic nitrogens is 2. The average molecular weight is 391 g/mol. The second-order valence-corrected chi connectivity index (χ2v) is 7.79. The maximum Gasteiger partial charge on any atom is 0.290 e. The fraction of sp³-hybridized carbons (Fsp3) is 0.308. The minimum atomic E-state index is -3.98. The Morgan fingerprint density at radius 1 is 1.33 bits per heavy atom. The highest BCUT2D eigenvalue weighted by molar-refractivity contribution is 7.89. The van der Waals surface area contributed by atoms with Gasteiger partial charge in [0.25, 0.3) is 11.7 Å². The summed E-state index contributed by atoms with van der Waals surface area (Å²) in [5.41, 5.74) is 5.09. The number of carbonyl (C=O) groups is 1. The van der Waals surface area contributed by atoms with Gasteiger partial charge in [-0.15, -0.1) is 0 Å². The maximum absolute atomic E-state index is 13.0. The lowest BCUT2D eigenvalue weighted by Gasteiger charge is -2.22. The van der Waals surface area contributed by atoms with Crippen LogP contribution in [-0.4, -0.2) is 35.3 Å². The number of primary amides is 1. The molecule has 1 fully saturated rings. The average Bonchev–Trinajstić information content (AvgIpc) is 3.16. The van der Waals surface area contributed by atoms with E-state index >= 15 is 0 Å². The van der Waals surface area contributed by atoms with Gasteiger partial charge in [0.1, 0.15) is 10.9 Å². The van der Waals surface area contributed by atoms with Crippen LogP contribution in [0, 0.1) is 0 Å². The Labute approximate surface area is 147 Å². The van der Waals surface area contributed by atoms with Gasteiger partial charge in [-0.05, 0) is 25.0 Å². The first kappa shape index (κ1) is 17.2. The van der Waals surface area contributed by atoms with Crippen LogP contribution in [0.1, 0.15) is 35.4 Å². The Morgan fingerprint density at radius 3 is 2.58 bits per heavy atom. The molecular weight excluding hydrogens is 379 g/mol. The molecule has 1 aliphatic heterocycles. The van der Waals surface area contributed by atoms with Gasteiger partial charge in [-0.25, -0.2) is 8.42 Å². The summed E-state index contributed by atoms with van der Waals surface area (Å²) in [4.78, 5) is 14.8. The van der Waals surface area contributed by atoms with Crippen LogP contribution < -0.4 is 5.73 Å². The van der Waals surface area contributed by atoms with Crippen molar-refractivity contribution in [3.05, 3.63) is 40.0 Å². The lowest BCUT2D eigenvalue weighted by Crippen LogP contribution is -2.31. The Balaban J connectivity index is 2.02. The SMILES string of the molecule is NC(=O)c1noc([C@@H]2CCCN2S(=O)(=O)c2c(Cl)cccc2Cl)n1. The number of amides is 1. The summed E-state index contributed by atoms with van der Waals surface area (Å²) in [5, 5.41) is 3.50. The standard InChI is InChI=1S/C13H12Cl2N4O4S/c14-7-3-1-4-8(15)10(7)24(21,22)19-6-2-5-9(19)13-17-12(11(16)20)18-23-13/h1,3-4,9H,2,5-6H2,(H2,16,20)/t9-/m0/s1. The largest absolute Gasteiger partial charge is 0.363 e. The number of nitrogens with zero attached hydrogens (tertiary/aromatic N) is 3. The van der Waals surface area contributed by atoms with Crippen molar-refractivity contribution in [2.24, 2.45) is 5.73 Å². The van der Waals surface area contributed by atoms with E-state index in [0.717, 1.165) is 0 Å². The van der Waals surface area contributed by atoms with E-state index in [1.165, 1.54) is 16.4 Å². The van der Waals surface area contributed by atoms with Gasteiger partial charge in [-0.1, -0.05) is 34.4 Å². The molecule has 1 saturated heterocycles. The number of carbonyl (C=O) groups excluding carboxylic acids is 1. The van der Waals surface area contributed by atoms with Crippen molar-refractivity contribution in [3.63, 3.8) is 0 Å². The summed E-state index contributed by atoms with van der Waals surface area (Å²) in [6, 6.07) is 3.75. The van der Waals surface area contributed by atoms with Crippen molar-refractivity contribution in [3.8, 4) is 0 Å². The number of nitrogens with two attached hydrogens (primary N) is 1. The van der Waals surface area contributed by atoms with Crippen molar-refractivity contribution >= 4 is 39.1 Å². The van der Waals surface area contributed by atoms with E-state index in [2.05, 4.69) is 10.1 Å². The van der Waals surface area contributed by atoms with E-state index in [4.69, 9.17) is 33.5 Å². The molecule has 0 aliphatic carbocycles. The van der Waals surface area contributed by atoms with Gasteiger partial charge in [0, 0.05) is 6.54 Å². The Bertz CT molecular complexity index is 879. The topological polar surface area (TPSA) is 119 Å². The van der Waals surface area contributed by atoms with E-state index in [0.29, 0.717) is 12.8 Å². The van der Waals surface area contributed by atoms with Gasteiger partial charge < -0.3 is 10.3 Å². The van der Waals surface area contributed by atoms with Gasteiger partial charge in [-0.2, -0.15) is 9.29 Å². The molecule has 0 bridgehead atoms. The number of hydrogen-bond acceptors (Lipinski definition) is 6. The third-order valence-electron chi connectivity index (χ3n) is 3.64. The van der Waals surface area contributed by atoms with Gasteiger partial charge in [0.2, 0.25) is 15.9 Å². The second-order valence-electron chi connectivity index (χ2n) is 5.15. The van der Waals surface area contributed by atoms with E-state index in [9.17, 15) is 13.2 Å². The van der Waals surface area contributed by atoms with Crippen molar-refractivity contribution in [1.82, 2.24) is 14.4 Å². The molecule has 1 aromatic heterocycles. The molecule has 2 N–H and O–H groups in total. The van der Waals surface area contributed by atoms with Crippen LogP contribution in [0.4, 0.5) is 0 Å². The third kappa shape index (κ3) is 2.88. The highest BCUT2D eigenvalue weighted by atomic mass is 35.5. The molecular formula is C13H12Cl2N4O4S. The van der Waals surface area contributed by atoms with Crippen molar-refractivity contribution in [1.29, 1.82) is 0 Å². The number of halogens is 2. The molecule has 128 valence electrons. The molecule has 2 aromatic rings. The lowest BCUT2D eigenvalue weighted by molar-refractivity contribution is 0.0987. The van der Waals surface area contributed by atoms with Gasteiger partial charge in [0.05, 0.1) is 10.0 Å². The van der Waals surface area contributed by atoms with Crippen LogP contribution in [0.25, 0.3) is 0 Å². The minimum absolute atomic E-state index is 0.00745. The van der Waals surface area contributed by atoms with E-state index in [-0.39, 0.29) is 33.2 Å². The van der Waals surface area contributed by atoms with Crippen LogP contribution in [0.2, 0.25) is 10.0 Å². The first-order valence-electron chi connectivity index (χ1n) is 6.91. The molecule has 11 heteroatoms. The van der Waals surface area contributed by atoms with Crippen molar-refractivity contribution in [2.75, 3.05) is 6.54 Å². The van der Waals surface area contributed by atoms with E-state index < -0.39 is 22.0 Å². The predicted molar refractivity (Wildman–Crippen MR) is 85.1 cm³/mol. The highest BCUT2D eigenvalue weighted by Gasteiger charge is 2.41. The van der Waals surface area contributed by atoms with Crippen LogP contribution >= 0.6 is 23.2 Å². The van der Waals surface area contributed by atoms with E-state index in [1.54, 1.807) is 6.07 Å². The molecule has 24 heavy (non-hydrogen) atoms. The number of benzene rings is 1. The van der Waals surface area contributed by atoms with Gasteiger partial charge in [0.15, 0.2) is 0 Å². The van der Waals surface area contributed by atoms with Crippen LogP contribution in [0.3, 0.4) is 0 Å². The van der Waals surface area contributed by atoms with Crippen LogP contribution in [-0.2, 0) is 10.0 Å². The van der Waals surface area contributed by atoms with E-state index in [1.807, 2.05) is 0 Å². The summed E-state index contributed by atoms with van der Waals surface area (Å²) in [6.45, 7) is 0.239. The molecule has 0 unspecified atom stereocenters. The number of sulfonamides is 1. The fourth-order valence-corrected chi connectivity index (χ4v) is 5.34. The van der Waals surface area contributed by atoms with Crippen LogP contribution in [0.5, 0.6) is 0 Å². The summed E-state index contributed by atoms with van der Waals surface area (Å²) < 4.78 is 32.1. The van der Waals surface area contributed by atoms with Crippen molar-refractivity contribution < 1.29 is 17.7 Å². The number of hydrogen-bond donors (Lipinski definition) is 1. The highest BCUT2D eigenvalue weighted by Crippen LogP contribution is 2.39. The van der Waals surface area contributed by atoms with Gasteiger partial charge >= 0.3 is 0 Å². The normalized spacial score (nSPS) is 18.8. The fourth-order valence-electron chi connectivity index (χ4n) is 2.59. The molecule has 0 saturated carbocycles. The monoisotopic (exact) mass is 390 g/mol. The summed E-state index contributed by atoms with van der Waals surface area (Å²) in [6.07, 6.45) is 1.04. The lowest BCUT2D eigenvalue weighted by atomic mass is 10.2. The third-order valence-corrected chi connectivity index (χ3v) is 6.50. The number of rotatable bonds is 4. The molecule has 1 atom stereocenters. The summed E-state index contributed by atoms with van der Waals surface area (Å²) in [7, 11) is -3.98. The zero-order valence-electron chi connectivity index (χ0n) is 12.1. The molecule has 1 amide bonds. The second kappa shape index (κ2) is 6.32. The molecule has 3 rings (SSSR count). The predicted octanol–water partition coefficient (Wildman–Crippen LogP) is 2.00. The molecule has 1 aromatic carbocycles. The smallest absolute Gasteiger partial charge is 0.290 e. The Morgan fingerprint density at radius 2 is 2.00 bits per heavy atom. The molecule has 8 nitrogen and oxygen atoms in total. The minimum Gasteiger partial charge on any atom is -0.363 e. The zero-order valence-corrected chi connectivity index (χ0v) is 14.5. The molecule has 1 aliphatic rings. The summed E-state index contributed by atoms with van der Waals surface area (Å²) in [5.74, 6) is -1.15. The first-order valence-corrected chi connectivity index (χ1v) is 9.11. The molecule has 0 radical (unpaired) electrons. The Kier molecular flexibility index (Phi) is 4.52. The quantitative estimate of drug-likeness (QED) is 0.851. The first-order chi connectivity index (χ1) is 11.3. The van der Waals surface area contributed by atoms with Crippen LogP contribution in [0.15, 0.2) is 27.6 Å². The molecule has 0 spiro atoms. The summed E-state index contributed by atoms with van der Waals surface area (Å²) >= 11 is 12.1. The van der Waals surface area contributed by atoms with Crippen molar-refractivity contribution in [2.45, 2.75) is 23.8 Å². The van der Waals surface area contributed by atoms with Gasteiger partial charge in [-0.3, -0.25) is 4.79 Å². The zero-order chi connectivity index (χ0) is 17.5. The Hall–Kier alpha value is -1.68. The maximum atomic E-state index is 13.0.